The fourth-order valence-electron chi connectivity index (χ4n) is 3.53. The van der Waals surface area contributed by atoms with Crippen molar-refractivity contribution in [2.24, 2.45) is 11.8 Å². The van der Waals surface area contributed by atoms with Crippen molar-refractivity contribution < 1.29 is 4.79 Å². The number of carbonyl (C=O) groups is 1. The minimum absolute atomic E-state index is 0.238. The highest BCUT2D eigenvalue weighted by Gasteiger charge is 2.23. The van der Waals surface area contributed by atoms with Crippen molar-refractivity contribution in [1.82, 2.24) is 15.5 Å². The summed E-state index contributed by atoms with van der Waals surface area (Å²) in [4.78, 5) is 14.5. The predicted octanol–water partition coefficient (Wildman–Crippen LogP) is 1.61. The van der Waals surface area contributed by atoms with Gasteiger partial charge in [-0.05, 0) is 64.2 Å². The van der Waals surface area contributed by atoms with Gasteiger partial charge in [-0.1, -0.05) is 13.3 Å². The molecule has 3 atom stereocenters. The lowest BCUT2D eigenvalue weighted by molar-refractivity contribution is -0.122. The molecule has 0 bridgehead atoms. The number of nitrogens with one attached hydrogen (secondary N) is 2. The molecule has 4 heteroatoms. The summed E-state index contributed by atoms with van der Waals surface area (Å²) < 4.78 is 0. The Hall–Kier alpha value is -0.610. The van der Waals surface area contributed by atoms with E-state index in [1.165, 1.54) is 38.6 Å². The minimum Gasteiger partial charge on any atom is -0.355 e. The molecule has 0 saturated carbocycles. The van der Waals surface area contributed by atoms with Gasteiger partial charge in [-0.15, -0.1) is 0 Å². The van der Waals surface area contributed by atoms with Gasteiger partial charge in [0, 0.05) is 19.0 Å². The van der Waals surface area contributed by atoms with E-state index in [0.29, 0.717) is 24.3 Å². The van der Waals surface area contributed by atoms with E-state index in [0.717, 1.165) is 19.6 Å². The lowest BCUT2D eigenvalue weighted by Gasteiger charge is -2.33. The summed E-state index contributed by atoms with van der Waals surface area (Å²) in [6, 6.07) is 0.541. The van der Waals surface area contributed by atoms with Gasteiger partial charge >= 0.3 is 0 Å². The fraction of sp³-hybridized carbons (Fsp3) is 0.938. The van der Waals surface area contributed by atoms with Crippen LogP contribution in [0.25, 0.3) is 0 Å². The number of hydrogen-bond acceptors (Lipinski definition) is 3. The number of rotatable bonds is 5. The van der Waals surface area contributed by atoms with Crippen LogP contribution in [0.1, 0.15) is 45.4 Å². The Labute approximate surface area is 123 Å². The van der Waals surface area contributed by atoms with Crippen molar-refractivity contribution in [3.05, 3.63) is 0 Å². The van der Waals surface area contributed by atoms with Crippen LogP contribution in [0.3, 0.4) is 0 Å². The molecule has 20 heavy (non-hydrogen) atoms. The molecule has 1 amide bonds. The van der Waals surface area contributed by atoms with Crippen molar-refractivity contribution >= 4 is 5.91 Å². The molecule has 0 aromatic heterocycles. The molecule has 2 N–H and O–H groups in total. The van der Waals surface area contributed by atoms with Crippen LogP contribution in [0.2, 0.25) is 0 Å². The van der Waals surface area contributed by atoms with Crippen LogP contribution in [-0.4, -0.2) is 50.1 Å². The summed E-state index contributed by atoms with van der Waals surface area (Å²) in [5.74, 6) is 1.40. The average Bonchev–Trinajstić information content (AvgIpc) is 2.47. The standard InChI is InChI=1S/C16H31N3O/c1-13(14-6-5-8-17-11-14)10-16(20)18-12-15-7-3-4-9-19(15)2/h13-15,17H,3-12H2,1-2H3,(H,18,20). The van der Waals surface area contributed by atoms with Gasteiger partial charge in [-0.25, -0.2) is 0 Å². The second-order valence-electron chi connectivity index (χ2n) is 6.72. The molecule has 3 unspecified atom stereocenters. The Morgan fingerprint density at radius 1 is 1.35 bits per heavy atom. The average molecular weight is 281 g/mol. The second kappa shape index (κ2) is 7.99. The summed E-state index contributed by atoms with van der Waals surface area (Å²) in [7, 11) is 2.17. The van der Waals surface area contributed by atoms with Crippen molar-refractivity contribution in [3.63, 3.8) is 0 Å². The number of carbonyl (C=O) groups excluding carboxylic acids is 1. The molecule has 116 valence electrons. The number of likely N-dealkylation sites (tertiary alicyclic amines) is 1. The van der Waals surface area contributed by atoms with Gasteiger partial charge in [0.05, 0.1) is 0 Å². The molecule has 4 nitrogen and oxygen atoms in total. The van der Waals surface area contributed by atoms with Crippen LogP contribution in [-0.2, 0) is 4.79 Å². The molecule has 2 heterocycles. The SMILES string of the molecule is CC(CC(=O)NCC1CCCCN1C)C1CCCNC1. The summed E-state index contributed by atoms with van der Waals surface area (Å²) in [5, 5.41) is 6.59. The van der Waals surface area contributed by atoms with E-state index in [4.69, 9.17) is 0 Å². The molecule has 2 aliphatic heterocycles. The van der Waals surface area contributed by atoms with Gasteiger partial charge in [0.1, 0.15) is 0 Å². The molecule has 2 rings (SSSR count). The van der Waals surface area contributed by atoms with Crippen molar-refractivity contribution in [2.75, 3.05) is 33.2 Å². The first-order chi connectivity index (χ1) is 9.66. The quantitative estimate of drug-likeness (QED) is 0.805. The highest BCUT2D eigenvalue weighted by molar-refractivity contribution is 5.76. The van der Waals surface area contributed by atoms with Gasteiger partial charge in [0.2, 0.25) is 5.91 Å². The van der Waals surface area contributed by atoms with E-state index in [9.17, 15) is 4.79 Å². The Balaban J connectivity index is 1.66. The zero-order valence-corrected chi connectivity index (χ0v) is 13.2. The maximum absolute atomic E-state index is 12.1. The Morgan fingerprint density at radius 3 is 2.90 bits per heavy atom. The lowest BCUT2D eigenvalue weighted by atomic mass is 9.85. The van der Waals surface area contributed by atoms with E-state index in [-0.39, 0.29) is 5.91 Å². The summed E-state index contributed by atoms with van der Waals surface area (Å²) in [5.41, 5.74) is 0. The maximum atomic E-state index is 12.1. The van der Waals surface area contributed by atoms with E-state index in [1.807, 2.05) is 0 Å². The highest BCUT2D eigenvalue weighted by atomic mass is 16.1. The molecule has 0 aliphatic carbocycles. The molecule has 2 saturated heterocycles. The third kappa shape index (κ3) is 4.74. The van der Waals surface area contributed by atoms with E-state index in [1.54, 1.807) is 0 Å². The topological polar surface area (TPSA) is 44.4 Å². The Morgan fingerprint density at radius 2 is 2.20 bits per heavy atom. The van der Waals surface area contributed by atoms with Crippen LogP contribution in [0, 0.1) is 11.8 Å². The van der Waals surface area contributed by atoms with Crippen LogP contribution in [0.4, 0.5) is 0 Å². The van der Waals surface area contributed by atoms with E-state index >= 15 is 0 Å². The first-order valence-electron chi connectivity index (χ1n) is 8.34. The fourth-order valence-corrected chi connectivity index (χ4v) is 3.53. The van der Waals surface area contributed by atoms with Crippen LogP contribution >= 0.6 is 0 Å². The largest absolute Gasteiger partial charge is 0.355 e. The van der Waals surface area contributed by atoms with Gasteiger partial charge < -0.3 is 15.5 Å². The highest BCUT2D eigenvalue weighted by Crippen LogP contribution is 2.22. The smallest absolute Gasteiger partial charge is 0.220 e. The zero-order chi connectivity index (χ0) is 14.4. The number of nitrogens with zero attached hydrogens (tertiary/aromatic N) is 1. The first kappa shape index (κ1) is 15.8. The zero-order valence-electron chi connectivity index (χ0n) is 13.2. The van der Waals surface area contributed by atoms with Crippen molar-refractivity contribution in [2.45, 2.75) is 51.5 Å². The molecular weight excluding hydrogens is 250 g/mol. The van der Waals surface area contributed by atoms with Crippen LogP contribution < -0.4 is 10.6 Å². The third-order valence-electron chi connectivity index (χ3n) is 5.10. The third-order valence-corrected chi connectivity index (χ3v) is 5.10. The van der Waals surface area contributed by atoms with E-state index in [2.05, 4.69) is 29.5 Å². The van der Waals surface area contributed by atoms with Crippen LogP contribution in [0.5, 0.6) is 0 Å². The van der Waals surface area contributed by atoms with Crippen molar-refractivity contribution in [1.29, 1.82) is 0 Å². The van der Waals surface area contributed by atoms with Gasteiger partial charge in [-0.3, -0.25) is 4.79 Å². The summed E-state index contributed by atoms with van der Waals surface area (Å²) >= 11 is 0. The normalized spacial score (nSPS) is 29.9. The Kier molecular flexibility index (Phi) is 6.30. The monoisotopic (exact) mass is 281 g/mol. The molecule has 0 aromatic rings. The molecule has 0 aromatic carbocycles. The summed E-state index contributed by atoms with van der Waals surface area (Å²) in [6.07, 6.45) is 7.03. The molecule has 0 radical (unpaired) electrons. The van der Waals surface area contributed by atoms with E-state index < -0.39 is 0 Å². The first-order valence-corrected chi connectivity index (χ1v) is 8.34. The maximum Gasteiger partial charge on any atom is 0.220 e. The van der Waals surface area contributed by atoms with Gasteiger partial charge in [0.25, 0.3) is 0 Å². The van der Waals surface area contributed by atoms with Crippen LogP contribution in [0.15, 0.2) is 0 Å². The number of amides is 1. The summed E-state index contributed by atoms with van der Waals surface area (Å²) in [6.45, 7) is 6.45. The minimum atomic E-state index is 0.238. The molecular formula is C16H31N3O. The molecule has 2 fully saturated rings. The Bertz CT molecular complexity index is 302. The lowest BCUT2D eigenvalue weighted by Crippen LogP contribution is -2.45. The predicted molar refractivity (Wildman–Crippen MR) is 82.7 cm³/mol. The number of hydrogen-bond donors (Lipinski definition) is 2. The van der Waals surface area contributed by atoms with Crippen molar-refractivity contribution in [3.8, 4) is 0 Å². The molecule has 2 aliphatic rings. The molecule has 0 spiro atoms. The second-order valence-corrected chi connectivity index (χ2v) is 6.72. The van der Waals surface area contributed by atoms with Gasteiger partial charge in [-0.2, -0.15) is 0 Å². The number of likely N-dealkylation sites (N-methyl/N-ethyl adjacent to an activating group) is 1. The van der Waals surface area contributed by atoms with Gasteiger partial charge in [0.15, 0.2) is 0 Å². The number of piperidine rings is 2.